The number of carbonyl (C=O) groups excluding carboxylic acids is 1. The molecule has 1 amide bonds. The summed E-state index contributed by atoms with van der Waals surface area (Å²) in [6.07, 6.45) is 3.10. The number of rotatable bonds is 4. The van der Waals surface area contributed by atoms with Crippen molar-refractivity contribution in [3.8, 4) is 11.4 Å². The van der Waals surface area contributed by atoms with Crippen LogP contribution in [0.2, 0.25) is 5.02 Å². The molecule has 1 fully saturated rings. The van der Waals surface area contributed by atoms with Crippen molar-refractivity contribution >= 4 is 38.3 Å². The Labute approximate surface area is 205 Å². The summed E-state index contributed by atoms with van der Waals surface area (Å²) in [6, 6.07) is 13.4. The van der Waals surface area contributed by atoms with Crippen LogP contribution in [0.25, 0.3) is 22.2 Å². The van der Waals surface area contributed by atoms with E-state index in [1.165, 1.54) is 9.21 Å². The molecule has 0 saturated carbocycles. The van der Waals surface area contributed by atoms with E-state index in [9.17, 15) is 18.0 Å². The molecule has 178 valence electrons. The number of benzene rings is 2. The van der Waals surface area contributed by atoms with Gasteiger partial charge in [0.2, 0.25) is 15.7 Å². The Kier molecular flexibility index (Phi) is 6.05. The van der Waals surface area contributed by atoms with Crippen molar-refractivity contribution in [3.63, 3.8) is 0 Å². The first-order valence-electron chi connectivity index (χ1n) is 10.7. The summed E-state index contributed by atoms with van der Waals surface area (Å²) in [4.78, 5) is 33.4. The van der Waals surface area contributed by atoms with Crippen molar-refractivity contribution in [1.29, 1.82) is 0 Å². The zero-order valence-electron chi connectivity index (χ0n) is 18.3. The molecule has 35 heavy (non-hydrogen) atoms. The third-order valence-corrected chi connectivity index (χ3v) is 7.92. The van der Waals surface area contributed by atoms with Gasteiger partial charge in [-0.05, 0) is 47.2 Å². The normalized spacial score (nSPS) is 14.8. The molecule has 0 aliphatic carbocycles. The summed E-state index contributed by atoms with van der Waals surface area (Å²) in [5.74, 6) is -0.373. The maximum Gasteiger partial charge on any atom is 0.283 e. The zero-order valence-corrected chi connectivity index (χ0v) is 19.8. The van der Waals surface area contributed by atoms with E-state index in [1.807, 2.05) is 0 Å². The molecule has 2 aromatic carbocycles. The van der Waals surface area contributed by atoms with Crippen LogP contribution in [0.3, 0.4) is 0 Å². The summed E-state index contributed by atoms with van der Waals surface area (Å²) in [6.45, 7) is 0.420. The van der Waals surface area contributed by atoms with Crippen LogP contribution in [0.5, 0.6) is 0 Å². The molecule has 0 bridgehead atoms. The number of hydrogen-bond acceptors (Lipinski definition) is 7. The number of carbonyl (C=O) groups is 1. The van der Waals surface area contributed by atoms with Gasteiger partial charge in [-0.25, -0.2) is 8.42 Å². The fourth-order valence-corrected chi connectivity index (χ4v) is 5.54. The third kappa shape index (κ3) is 4.53. The highest BCUT2D eigenvalue weighted by Gasteiger charge is 2.32. The summed E-state index contributed by atoms with van der Waals surface area (Å²) in [5, 5.41) is 9.96. The van der Waals surface area contributed by atoms with Gasteiger partial charge in [0.05, 0.1) is 4.90 Å². The maximum atomic E-state index is 13.2. The summed E-state index contributed by atoms with van der Waals surface area (Å²) in [5.41, 5.74) is -0.394. The van der Waals surface area contributed by atoms with Crippen molar-refractivity contribution in [2.24, 2.45) is 0 Å². The molecule has 1 aliphatic heterocycles. The van der Waals surface area contributed by atoms with Gasteiger partial charge in [0.1, 0.15) is 0 Å². The number of fused-ring (bicyclic) bond motifs is 1. The minimum absolute atomic E-state index is 0.0904. The first-order chi connectivity index (χ1) is 16.8. The second-order valence-electron chi connectivity index (χ2n) is 7.94. The summed E-state index contributed by atoms with van der Waals surface area (Å²) >= 11 is 6.01. The van der Waals surface area contributed by atoms with E-state index >= 15 is 0 Å². The number of aromatic nitrogens is 4. The predicted octanol–water partition coefficient (Wildman–Crippen LogP) is 2.18. The smallest absolute Gasteiger partial charge is 0.283 e. The quantitative estimate of drug-likeness (QED) is 0.445. The van der Waals surface area contributed by atoms with Gasteiger partial charge in [-0.2, -0.15) is 4.31 Å². The average Bonchev–Trinajstić information content (AvgIpc) is 2.88. The summed E-state index contributed by atoms with van der Waals surface area (Å²) < 4.78 is 27.7. The van der Waals surface area contributed by atoms with E-state index < -0.39 is 21.5 Å². The van der Waals surface area contributed by atoms with Crippen molar-refractivity contribution in [1.82, 2.24) is 29.4 Å². The van der Waals surface area contributed by atoms with Gasteiger partial charge in [0.15, 0.2) is 5.82 Å². The number of aromatic amines is 1. The van der Waals surface area contributed by atoms with Crippen LogP contribution in [0.15, 0.2) is 70.6 Å². The number of hydrogen-bond donors (Lipinski definition) is 1. The van der Waals surface area contributed by atoms with Crippen molar-refractivity contribution in [2.75, 3.05) is 26.2 Å². The Balaban J connectivity index is 1.30. The van der Waals surface area contributed by atoms with E-state index in [2.05, 4.69) is 20.2 Å². The standard InChI is InChI=1S/C23H19ClN6O4S/c24-18-3-1-17-14-19(4-2-16(17)13-18)35(33,34)30-11-9-29(10-12-30)23(32)20-22(31)26-21(28-27-20)15-5-7-25-8-6-15/h1-8,13-14H,9-12H2,(H,26,28,31). The lowest BCUT2D eigenvalue weighted by Gasteiger charge is -2.33. The van der Waals surface area contributed by atoms with E-state index in [0.29, 0.717) is 10.6 Å². The van der Waals surface area contributed by atoms with Crippen molar-refractivity contribution in [2.45, 2.75) is 4.90 Å². The van der Waals surface area contributed by atoms with Crippen LogP contribution in [0, 0.1) is 0 Å². The Morgan fingerprint density at radius 1 is 0.914 bits per heavy atom. The average molecular weight is 511 g/mol. The van der Waals surface area contributed by atoms with E-state index in [1.54, 1.807) is 60.9 Å². The molecule has 0 atom stereocenters. The second kappa shape index (κ2) is 9.17. The number of piperazine rings is 1. The first kappa shape index (κ1) is 23.1. The number of pyridine rings is 1. The van der Waals surface area contributed by atoms with Gasteiger partial charge < -0.3 is 9.88 Å². The Morgan fingerprint density at radius 3 is 2.31 bits per heavy atom. The highest BCUT2D eigenvalue weighted by Crippen LogP contribution is 2.25. The second-order valence-corrected chi connectivity index (χ2v) is 10.3. The molecular formula is C23H19ClN6O4S. The zero-order chi connectivity index (χ0) is 24.6. The Bertz CT molecular complexity index is 1580. The molecule has 1 saturated heterocycles. The molecule has 1 aliphatic rings. The van der Waals surface area contributed by atoms with Gasteiger partial charge in [0, 0.05) is 49.2 Å². The molecule has 5 rings (SSSR count). The van der Waals surface area contributed by atoms with Gasteiger partial charge in [0.25, 0.3) is 11.5 Å². The molecule has 12 heteroatoms. The Hall–Kier alpha value is -3.67. The lowest BCUT2D eigenvalue weighted by atomic mass is 10.1. The molecule has 2 aromatic heterocycles. The first-order valence-corrected chi connectivity index (χ1v) is 12.5. The van der Waals surface area contributed by atoms with Gasteiger partial charge in [-0.3, -0.25) is 14.6 Å². The Morgan fingerprint density at radius 2 is 1.60 bits per heavy atom. The SMILES string of the molecule is O=C(c1nnc(-c2ccncc2)[nH]c1=O)N1CCN(S(=O)(=O)c2ccc3cc(Cl)ccc3c2)CC1. The van der Waals surface area contributed by atoms with Crippen LogP contribution >= 0.6 is 11.6 Å². The largest absolute Gasteiger partial charge is 0.334 e. The van der Waals surface area contributed by atoms with Crippen LogP contribution in [0.1, 0.15) is 10.5 Å². The fraction of sp³-hybridized carbons (Fsp3) is 0.174. The predicted molar refractivity (Wildman–Crippen MR) is 130 cm³/mol. The van der Waals surface area contributed by atoms with Crippen molar-refractivity contribution < 1.29 is 13.2 Å². The number of halogens is 1. The molecule has 10 nitrogen and oxygen atoms in total. The van der Waals surface area contributed by atoms with Gasteiger partial charge in [-0.15, -0.1) is 10.2 Å². The van der Waals surface area contributed by atoms with E-state index in [-0.39, 0.29) is 42.6 Å². The fourth-order valence-electron chi connectivity index (χ4n) is 3.90. The number of H-pyrrole nitrogens is 1. The number of sulfonamides is 1. The van der Waals surface area contributed by atoms with Gasteiger partial charge >= 0.3 is 0 Å². The van der Waals surface area contributed by atoms with Crippen molar-refractivity contribution in [3.05, 3.63) is 82.0 Å². The molecule has 0 radical (unpaired) electrons. The van der Waals surface area contributed by atoms with Crippen LogP contribution in [-0.2, 0) is 10.0 Å². The number of nitrogens with one attached hydrogen (secondary N) is 1. The maximum absolute atomic E-state index is 13.2. The highest BCUT2D eigenvalue weighted by atomic mass is 35.5. The van der Waals surface area contributed by atoms with Crippen LogP contribution < -0.4 is 5.56 Å². The topological polar surface area (TPSA) is 129 Å². The van der Waals surface area contributed by atoms with Gasteiger partial charge in [-0.1, -0.05) is 23.7 Å². The summed E-state index contributed by atoms with van der Waals surface area (Å²) in [7, 11) is -3.76. The minimum atomic E-state index is -3.76. The highest BCUT2D eigenvalue weighted by molar-refractivity contribution is 7.89. The molecule has 0 unspecified atom stereocenters. The molecular weight excluding hydrogens is 492 g/mol. The molecule has 3 heterocycles. The van der Waals surface area contributed by atoms with Crippen LogP contribution in [0.4, 0.5) is 0 Å². The van der Waals surface area contributed by atoms with E-state index in [4.69, 9.17) is 11.6 Å². The molecule has 1 N–H and O–H groups in total. The molecule has 4 aromatic rings. The number of amides is 1. The lowest BCUT2D eigenvalue weighted by Crippen LogP contribution is -2.51. The van der Waals surface area contributed by atoms with Crippen LogP contribution in [-0.4, -0.2) is 69.9 Å². The van der Waals surface area contributed by atoms with E-state index in [0.717, 1.165) is 10.8 Å². The number of nitrogens with zero attached hydrogens (tertiary/aromatic N) is 5. The third-order valence-electron chi connectivity index (χ3n) is 5.79. The lowest BCUT2D eigenvalue weighted by molar-refractivity contribution is 0.0688. The molecule has 0 spiro atoms. The monoisotopic (exact) mass is 510 g/mol. The minimum Gasteiger partial charge on any atom is -0.334 e.